The van der Waals surface area contributed by atoms with Crippen LogP contribution in [-0.4, -0.2) is 19.0 Å². The molecule has 3 nitrogen and oxygen atoms in total. The number of benzene rings is 1. The Hall–Kier alpha value is -1.51. The van der Waals surface area contributed by atoms with Crippen molar-refractivity contribution in [3.05, 3.63) is 23.3 Å². The third kappa shape index (κ3) is 1.69. The Kier molecular flexibility index (Phi) is 2.62. The Bertz CT molecular complexity index is 385. The predicted molar refractivity (Wildman–Crippen MR) is 56.8 cm³/mol. The van der Waals surface area contributed by atoms with Crippen molar-refractivity contribution in [3.63, 3.8) is 0 Å². The number of carbonyl (C=O) groups excluding carboxylic acids is 1. The average Bonchev–Trinajstić information content (AvgIpc) is 2.28. The molecule has 1 unspecified atom stereocenters. The van der Waals surface area contributed by atoms with E-state index in [-0.39, 0.29) is 6.10 Å². The summed E-state index contributed by atoms with van der Waals surface area (Å²) in [6.45, 7) is 4.49. The second-order valence-corrected chi connectivity index (χ2v) is 3.70. The molecule has 0 aliphatic carbocycles. The Morgan fingerprint density at radius 1 is 1.53 bits per heavy atom. The molecule has 1 atom stereocenters. The second kappa shape index (κ2) is 3.93. The van der Waals surface area contributed by atoms with E-state index in [1.54, 1.807) is 0 Å². The Morgan fingerprint density at radius 3 is 3.00 bits per heavy atom. The summed E-state index contributed by atoms with van der Waals surface area (Å²) in [5.41, 5.74) is 1.52. The van der Waals surface area contributed by atoms with Crippen LogP contribution in [0.5, 0.6) is 11.5 Å². The minimum absolute atomic E-state index is 0.0537. The number of rotatable bonds is 2. The van der Waals surface area contributed by atoms with Gasteiger partial charge < -0.3 is 9.47 Å². The highest BCUT2D eigenvalue weighted by molar-refractivity contribution is 5.83. The average molecular weight is 206 g/mol. The van der Waals surface area contributed by atoms with Crippen LogP contribution in [0.3, 0.4) is 0 Å². The van der Waals surface area contributed by atoms with Crippen LogP contribution in [0.2, 0.25) is 0 Å². The zero-order valence-corrected chi connectivity index (χ0v) is 8.95. The van der Waals surface area contributed by atoms with Gasteiger partial charge >= 0.3 is 0 Å². The first kappa shape index (κ1) is 10.0. The molecule has 0 radical (unpaired) electrons. The van der Waals surface area contributed by atoms with Gasteiger partial charge in [-0.1, -0.05) is 13.0 Å². The highest BCUT2D eigenvalue weighted by Gasteiger charge is 2.23. The quantitative estimate of drug-likeness (QED) is 0.697. The lowest BCUT2D eigenvalue weighted by molar-refractivity contribution is 0.0857. The second-order valence-electron chi connectivity index (χ2n) is 3.70. The summed E-state index contributed by atoms with van der Waals surface area (Å²) in [4.78, 5) is 11.0. The van der Waals surface area contributed by atoms with Gasteiger partial charge in [-0.15, -0.1) is 0 Å². The predicted octanol–water partition coefficient (Wildman–Crippen LogP) is 2.36. The molecular formula is C12H14O3. The number of hydrogen-bond acceptors (Lipinski definition) is 3. The molecule has 15 heavy (non-hydrogen) atoms. The van der Waals surface area contributed by atoms with Gasteiger partial charge in [-0.2, -0.15) is 0 Å². The summed E-state index contributed by atoms with van der Waals surface area (Å²) in [5, 5.41) is 0. The fraction of sp³-hybridized carbons (Fsp3) is 0.417. The molecule has 0 saturated heterocycles. The Balaban J connectivity index is 2.45. The molecule has 0 saturated carbocycles. The molecule has 3 heteroatoms. The molecule has 0 amide bonds. The van der Waals surface area contributed by atoms with Crippen LogP contribution < -0.4 is 9.47 Å². The lowest BCUT2D eigenvalue weighted by atomic mass is 10.1. The largest absolute Gasteiger partial charge is 0.486 e. The third-order valence-corrected chi connectivity index (χ3v) is 2.66. The normalized spacial score (nSPS) is 18.7. The summed E-state index contributed by atoms with van der Waals surface area (Å²) >= 11 is 0. The fourth-order valence-electron chi connectivity index (χ4n) is 1.64. The first-order valence-electron chi connectivity index (χ1n) is 5.14. The molecule has 0 fully saturated rings. The molecule has 80 valence electrons. The first-order valence-corrected chi connectivity index (χ1v) is 5.14. The van der Waals surface area contributed by atoms with Gasteiger partial charge in [-0.25, -0.2) is 0 Å². The summed E-state index contributed by atoms with van der Waals surface area (Å²) in [6.07, 6.45) is 1.76. The number of fused-ring (bicyclic) bond motifs is 1. The number of ether oxygens (including phenoxy) is 2. The Morgan fingerprint density at radius 2 is 2.33 bits per heavy atom. The van der Waals surface area contributed by atoms with Gasteiger partial charge in [0.25, 0.3) is 0 Å². The van der Waals surface area contributed by atoms with Gasteiger partial charge in [0.2, 0.25) is 0 Å². The van der Waals surface area contributed by atoms with Gasteiger partial charge in [0.1, 0.15) is 12.7 Å². The summed E-state index contributed by atoms with van der Waals surface area (Å²) in [6, 6.07) is 3.72. The van der Waals surface area contributed by atoms with Crippen molar-refractivity contribution >= 4 is 6.29 Å². The van der Waals surface area contributed by atoms with Crippen LogP contribution in [0, 0.1) is 6.92 Å². The van der Waals surface area contributed by atoms with Crippen molar-refractivity contribution in [1.82, 2.24) is 0 Å². The van der Waals surface area contributed by atoms with E-state index in [0.29, 0.717) is 23.7 Å². The zero-order valence-electron chi connectivity index (χ0n) is 8.95. The number of carbonyl (C=O) groups is 1. The molecule has 2 rings (SSSR count). The van der Waals surface area contributed by atoms with Gasteiger partial charge in [0.05, 0.1) is 5.56 Å². The SMILES string of the molecule is CCC1COc2ccc(C)c(C=O)c2O1. The molecule has 1 heterocycles. The molecule has 1 aromatic rings. The van der Waals surface area contributed by atoms with E-state index < -0.39 is 0 Å². The van der Waals surface area contributed by atoms with Crippen LogP contribution >= 0.6 is 0 Å². The van der Waals surface area contributed by atoms with Crippen molar-refractivity contribution in [2.75, 3.05) is 6.61 Å². The van der Waals surface area contributed by atoms with E-state index in [2.05, 4.69) is 0 Å². The lowest BCUT2D eigenvalue weighted by Gasteiger charge is -2.27. The maximum atomic E-state index is 11.0. The summed E-state index contributed by atoms with van der Waals surface area (Å²) in [7, 11) is 0. The maximum Gasteiger partial charge on any atom is 0.172 e. The number of hydrogen-bond donors (Lipinski definition) is 0. The minimum atomic E-state index is 0.0537. The molecule has 1 aliphatic rings. The number of aldehydes is 1. The van der Waals surface area contributed by atoms with Crippen molar-refractivity contribution in [1.29, 1.82) is 0 Å². The Labute approximate surface area is 89.0 Å². The lowest BCUT2D eigenvalue weighted by Crippen LogP contribution is -2.29. The number of aryl methyl sites for hydroxylation is 1. The molecule has 1 aliphatic heterocycles. The van der Waals surface area contributed by atoms with Crippen molar-refractivity contribution in [3.8, 4) is 11.5 Å². The highest BCUT2D eigenvalue weighted by atomic mass is 16.6. The van der Waals surface area contributed by atoms with Gasteiger partial charge in [0.15, 0.2) is 17.8 Å². The minimum Gasteiger partial charge on any atom is -0.486 e. The van der Waals surface area contributed by atoms with Crippen LogP contribution in [0.15, 0.2) is 12.1 Å². The maximum absolute atomic E-state index is 11.0. The topological polar surface area (TPSA) is 35.5 Å². The van der Waals surface area contributed by atoms with Crippen LogP contribution in [-0.2, 0) is 0 Å². The third-order valence-electron chi connectivity index (χ3n) is 2.66. The van der Waals surface area contributed by atoms with Crippen molar-refractivity contribution in [2.24, 2.45) is 0 Å². The fourth-order valence-corrected chi connectivity index (χ4v) is 1.64. The van der Waals surface area contributed by atoms with Crippen LogP contribution in [0.1, 0.15) is 29.3 Å². The smallest absolute Gasteiger partial charge is 0.172 e. The molecule has 1 aromatic carbocycles. The van der Waals surface area contributed by atoms with Gasteiger partial charge in [-0.05, 0) is 25.0 Å². The molecule has 0 spiro atoms. The molecule has 0 aromatic heterocycles. The highest BCUT2D eigenvalue weighted by Crippen LogP contribution is 2.36. The van der Waals surface area contributed by atoms with E-state index in [9.17, 15) is 4.79 Å². The molecule has 0 bridgehead atoms. The van der Waals surface area contributed by atoms with Gasteiger partial charge in [-0.3, -0.25) is 4.79 Å². The van der Waals surface area contributed by atoms with E-state index in [1.807, 2.05) is 26.0 Å². The first-order chi connectivity index (χ1) is 7.26. The molecule has 0 N–H and O–H groups in total. The monoisotopic (exact) mass is 206 g/mol. The van der Waals surface area contributed by atoms with E-state index in [0.717, 1.165) is 18.3 Å². The van der Waals surface area contributed by atoms with Crippen molar-refractivity contribution in [2.45, 2.75) is 26.4 Å². The van der Waals surface area contributed by atoms with E-state index >= 15 is 0 Å². The summed E-state index contributed by atoms with van der Waals surface area (Å²) < 4.78 is 11.3. The zero-order chi connectivity index (χ0) is 10.8. The van der Waals surface area contributed by atoms with Crippen molar-refractivity contribution < 1.29 is 14.3 Å². The molecular weight excluding hydrogens is 192 g/mol. The van der Waals surface area contributed by atoms with E-state index in [4.69, 9.17) is 9.47 Å². The standard InChI is InChI=1S/C12H14O3/c1-3-9-7-14-11-5-4-8(2)10(6-13)12(11)15-9/h4-6,9H,3,7H2,1-2H3. The van der Waals surface area contributed by atoms with Crippen LogP contribution in [0.4, 0.5) is 0 Å². The summed E-state index contributed by atoms with van der Waals surface area (Å²) in [5.74, 6) is 1.27. The van der Waals surface area contributed by atoms with E-state index in [1.165, 1.54) is 0 Å². The van der Waals surface area contributed by atoms with Gasteiger partial charge in [0, 0.05) is 0 Å². The van der Waals surface area contributed by atoms with Crippen LogP contribution in [0.25, 0.3) is 0 Å².